The highest BCUT2D eigenvalue weighted by Gasteiger charge is 2.22. The molecule has 1 fully saturated rings. The van der Waals surface area contributed by atoms with E-state index in [1.807, 2.05) is 43.0 Å². The minimum absolute atomic E-state index is 0.0813. The Hall–Kier alpha value is -2.64. The highest BCUT2D eigenvalue weighted by Crippen LogP contribution is 2.28. The molecule has 28 heavy (non-hydrogen) atoms. The van der Waals surface area contributed by atoms with E-state index in [2.05, 4.69) is 10.2 Å². The van der Waals surface area contributed by atoms with Crippen molar-refractivity contribution >= 4 is 34.6 Å². The minimum atomic E-state index is -0.466. The van der Waals surface area contributed by atoms with Gasteiger partial charge in [-0.3, -0.25) is 19.8 Å². The molecular formula is C20H23ClN4O3. The zero-order chi connectivity index (χ0) is 20.3. The molecule has 1 saturated heterocycles. The van der Waals surface area contributed by atoms with E-state index in [0.717, 1.165) is 43.0 Å². The fourth-order valence-electron chi connectivity index (χ4n) is 3.28. The second-order valence-electron chi connectivity index (χ2n) is 7.00. The third kappa shape index (κ3) is 4.79. The molecule has 2 aromatic rings. The molecule has 0 radical (unpaired) electrons. The van der Waals surface area contributed by atoms with E-state index < -0.39 is 4.92 Å². The van der Waals surface area contributed by atoms with Crippen LogP contribution in [0.1, 0.15) is 11.1 Å². The van der Waals surface area contributed by atoms with Gasteiger partial charge in [-0.15, -0.1) is 0 Å². The Balaban J connectivity index is 1.58. The third-order valence-corrected chi connectivity index (χ3v) is 5.23. The summed E-state index contributed by atoms with van der Waals surface area (Å²) in [6.07, 6.45) is 0. The Morgan fingerprint density at radius 2 is 1.82 bits per heavy atom. The third-order valence-electron chi connectivity index (χ3n) is 5.00. The molecule has 0 aromatic heterocycles. The lowest BCUT2D eigenvalue weighted by Gasteiger charge is -2.35. The van der Waals surface area contributed by atoms with Crippen LogP contribution >= 0.6 is 11.6 Å². The van der Waals surface area contributed by atoms with Gasteiger partial charge in [-0.05, 0) is 49.2 Å². The number of carbonyl (C=O) groups is 1. The van der Waals surface area contributed by atoms with E-state index >= 15 is 0 Å². The molecular weight excluding hydrogens is 380 g/mol. The van der Waals surface area contributed by atoms with E-state index in [1.165, 1.54) is 6.07 Å². The van der Waals surface area contributed by atoms with Crippen molar-refractivity contribution in [3.63, 3.8) is 0 Å². The van der Waals surface area contributed by atoms with Crippen LogP contribution in [0.2, 0.25) is 5.02 Å². The molecule has 0 spiro atoms. The van der Waals surface area contributed by atoms with Gasteiger partial charge in [0.1, 0.15) is 5.69 Å². The van der Waals surface area contributed by atoms with Crippen molar-refractivity contribution in [2.45, 2.75) is 13.8 Å². The topological polar surface area (TPSA) is 78.7 Å². The van der Waals surface area contributed by atoms with Crippen molar-refractivity contribution in [2.24, 2.45) is 0 Å². The first-order chi connectivity index (χ1) is 13.3. The van der Waals surface area contributed by atoms with Crippen molar-refractivity contribution < 1.29 is 9.72 Å². The predicted octanol–water partition coefficient (Wildman–Crippen LogP) is 3.63. The number of nitrogens with zero attached hydrogens (tertiary/aromatic N) is 3. The van der Waals surface area contributed by atoms with E-state index in [1.54, 1.807) is 6.07 Å². The standard InChI is InChI=1S/C20H23ClN4O3/c1-14-10-18(19(25(27)28)11-15(14)2)22-20(26)13-23-6-8-24(9-7-23)17-5-3-4-16(21)12-17/h3-5,10-12H,6-9,13H2,1-2H3,(H,22,26). The van der Waals surface area contributed by atoms with Crippen molar-refractivity contribution in [1.82, 2.24) is 4.90 Å². The Bertz CT molecular complexity index is 895. The maximum absolute atomic E-state index is 12.4. The highest BCUT2D eigenvalue weighted by atomic mass is 35.5. The average molecular weight is 403 g/mol. The van der Waals surface area contributed by atoms with Crippen molar-refractivity contribution in [1.29, 1.82) is 0 Å². The van der Waals surface area contributed by atoms with Crippen LogP contribution in [0.25, 0.3) is 0 Å². The van der Waals surface area contributed by atoms with Gasteiger partial charge in [-0.2, -0.15) is 0 Å². The molecule has 3 rings (SSSR count). The monoisotopic (exact) mass is 402 g/mol. The van der Waals surface area contributed by atoms with Crippen LogP contribution in [0.5, 0.6) is 0 Å². The molecule has 1 aliphatic heterocycles. The van der Waals surface area contributed by atoms with Crippen LogP contribution in [0.15, 0.2) is 36.4 Å². The smallest absolute Gasteiger partial charge is 0.293 e. The number of nitro benzene ring substituents is 1. The Labute approximate surface area is 169 Å². The summed E-state index contributed by atoms with van der Waals surface area (Å²) in [6.45, 7) is 6.92. The van der Waals surface area contributed by atoms with E-state index in [0.29, 0.717) is 5.02 Å². The van der Waals surface area contributed by atoms with Gasteiger partial charge in [0.2, 0.25) is 5.91 Å². The van der Waals surface area contributed by atoms with Crippen LogP contribution in [-0.4, -0.2) is 48.5 Å². The summed E-state index contributed by atoms with van der Waals surface area (Å²) in [5.41, 5.74) is 2.96. The van der Waals surface area contributed by atoms with Gasteiger partial charge in [0, 0.05) is 43.0 Å². The normalized spacial score (nSPS) is 14.8. The first kappa shape index (κ1) is 20.1. The summed E-state index contributed by atoms with van der Waals surface area (Å²) in [6, 6.07) is 10.9. The van der Waals surface area contributed by atoms with Gasteiger partial charge in [0.05, 0.1) is 11.5 Å². The number of aryl methyl sites for hydroxylation is 2. The zero-order valence-corrected chi connectivity index (χ0v) is 16.7. The summed E-state index contributed by atoms with van der Waals surface area (Å²) in [5.74, 6) is -0.248. The Morgan fingerprint density at radius 1 is 1.14 bits per heavy atom. The van der Waals surface area contributed by atoms with Crippen LogP contribution in [0.4, 0.5) is 17.1 Å². The molecule has 1 aliphatic rings. The van der Waals surface area contributed by atoms with Gasteiger partial charge in [0.15, 0.2) is 0 Å². The first-order valence-electron chi connectivity index (χ1n) is 9.12. The maximum Gasteiger partial charge on any atom is 0.293 e. The molecule has 7 nitrogen and oxygen atoms in total. The zero-order valence-electron chi connectivity index (χ0n) is 15.9. The number of carbonyl (C=O) groups excluding carboxylic acids is 1. The van der Waals surface area contributed by atoms with Crippen molar-refractivity contribution in [3.8, 4) is 0 Å². The van der Waals surface area contributed by atoms with E-state index in [9.17, 15) is 14.9 Å². The van der Waals surface area contributed by atoms with Crippen LogP contribution in [0.3, 0.4) is 0 Å². The first-order valence-corrected chi connectivity index (χ1v) is 9.49. The molecule has 0 aliphatic carbocycles. The lowest BCUT2D eigenvalue weighted by atomic mass is 10.1. The summed E-state index contributed by atoms with van der Waals surface area (Å²) in [4.78, 5) is 27.5. The molecule has 8 heteroatoms. The Kier molecular flexibility index (Phi) is 6.16. The molecule has 148 valence electrons. The highest BCUT2D eigenvalue weighted by molar-refractivity contribution is 6.30. The SMILES string of the molecule is Cc1cc(NC(=O)CN2CCN(c3cccc(Cl)c3)CC2)c([N+](=O)[O-])cc1C. The van der Waals surface area contributed by atoms with Crippen molar-refractivity contribution in [3.05, 3.63) is 62.7 Å². The second-order valence-corrected chi connectivity index (χ2v) is 7.44. The van der Waals surface area contributed by atoms with Gasteiger partial charge < -0.3 is 10.2 Å². The molecule has 0 atom stereocenters. The number of hydrogen-bond donors (Lipinski definition) is 1. The van der Waals surface area contributed by atoms with Crippen molar-refractivity contribution in [2.75, 3.05) is 42.9 Å². The number of rotatable bonds is 5. The number of amides is 1. The van der Waals surface area contributed by atoms with Gasteiger partial charge in [-0.1, -0.05) is 17.7 Å². The van der Waals surface area contributed by atoms with Gasteiger partial charge in [0.25, 0.3) is 5.69 Å². The average Bonchev–Trinajstić information content (AvgIpc) is 2.65. The lowest BCUT2D eigenvalue weighted by molar-refractivity contribution is -0.384. The molecule has 1 amide bonds. The second kappa shape index (κ2) is 8.58. The number of nitro groups is 1. The number of benzene rings is 2. The van der Waals surface area contributed by atoms with Gasteiger partial charge in [-0.25, -0.2) is 0 Å². The quantitative estimate of drug-likeness (QED) is 0.610. The molecule has 0 saturated carbocycles. The fourth-order valence-corrected chi connectivity index (χ4v) is 3.47. The van der Waals surface area contributed by atoms with E-state index in [-0.39, 0.29) is 23.8 Å². The molecule has 2 aromatic carbocycles. The summed E-state index contributed by atoms with van der Waals surface area (Å²) >= 11 is 6.06. The summed E-state index contributed by atoms with van der Waals surface area (Å²) < 4.78 is 0. The lowest BCUT2D eigenvalue weighted by Crippen LogP contribution is -2.48. The number of halogens is 1. The molecule has 0 bridgehead atoms. The molecule has 1 heterocycles. The Morgan fingerprint density at radius 3 is 2.46 bits per heavy atom. The maximum atomic E-state index is 12.4. The molecule has 0 unspecified atom stereocenters. The van der Waals surface area contributed by atoms with Crippen LogP contribution in [0, 0.1) is 24.0 Å². The number of hydrogen-bond acceptors (Lipinski definition) is 5. The number of nitrogens with one attached hydrogen (secondary N) is 1. The van der Waals surface area contributed by atoms with Crippen LogP contribution in [-0.2, 0) is 4.79 Å². The summed E-state index contributed by atoms with van der Waals surface area (Å²) in [5, 5.41) is 14.7. The largest absolute Gasteiger partial charge is 0.369 e. The molecule has 1 N–H and O–H groups in total. The fraction of sp³-hybridized carbons (Fsp3) is 0.350. The van der Waals surface area contributed by atoms with E-state index in [4.69, 9.17) is 11.6 Å². The number of piperazine rings is 1. The summed E-state index contributed by atoms with van der Waals surface area (Å²) in [7, 11) is 0. The van der Waals surface area contributed by atoms with Crippen LogP contribution < -0.4 is 10.2 Å². The van der Waals surface area contributed by atoms with Gasteiger partial charge >= 0.3 is 0 Å². The predicted molar refractivity (Wildman–Crippen MR) is 111 cm³/mol. The number of anilines is 2. The minimum Gasteiger partial charge on any atom is -0.369 e.